The molecular formula is C20H23FN4OS. The summed E-state index contributed by atoms with van der Waals surface area (Å²) in [5, 5.41) is 0.998. The fraction of sp³-hybridized carbons (Fsp3) is 0.500. The Labute approximate surface area is 162 Å². The van der Waals surface area contributed by atoms with Gasteiger partial charge in [0.1, 0.15) is 28.0 Å². The summed E-state index contributed by atoms with van der Waals surface area (Å²) in [6.45, 7) is 1.60. The summed E-state index contributed by atoms with van der Waals surface area (Å²) in [5.41, 5.74) is 6.94. The lowest BCUT2D eigenvalue weighted by Gasteiger charge is -2.41. The van der Waals surface area contributed by atoms with Crippen LogP contribution in [0.4, 0.5) is 10.2 Å². The van der Waals surface area contributed by atoms with Crippen LogP contribution in [-0.2, 0) is 0 Å². The number of nitrogens with two attached hydrogens (primary N) is 1. The van der Waals surface area contributed by atoms with Crippen molar-refractivity contribution in [3.8, 4) is 5.75 Å². The molecular weight excluding hydrogens is 363 g/mol. The third-order valence-electron chi connectivity index (χ3n) is 5.90. The average Bonchev–Trinajstić information content (AvgIpc) is 3.48. The zero-order valence-electron chi connectivity index (χ0n) is 15.1. The van der Waals surface area contributed by atoms with E-state index in [1.165, 1.54) is 25.0 Å². The molecule has 3 aliphatic rings. The van der Waals surface area contributed by atoms with Gasteiger partial charge in [-0.2, -0.15) is 0 Å². The van der Waals surface area contributed by atoms with Gasteiger partial charge in [-0.15, -0.1) is 11.8 Å². The largest absolute Gasteiger partial charge is 0.485 e. The van der Waals surface area contributed by atoms with Crippen LogP contribution in [0.3, 0.4) is 0 Å². The van der Waals surface area contributed by atoms with Gasteiger partial charge in [0, 0.05) is 43.3 Å². The standard InChI is InChI=1S/C20H23FN4OS/c21-14-3-4-15-16(9-14)26-20(19(15)22)5-7-25(8-6-20)17-10-24-18(11-23-17)27-12-13-1-2-13/h3-4,9-11,13,19H,1-2,5-8,12,22H2/t19-/m1/s1. The van der Waals surface area contributed by atoms with Gasteiger partial charge in [-0.3, -0.25) is 0 Å². The number of fused-ring (bicyclic) bond motifs is 1. The predicted octanol–water partition coefficient (Wildman–Crippen LogP) is 3.55. The topological polar surface area (TPSA) is 64.3 Å². The summed E-state index contributed by atoms with van der Waals surface area (Å²) >= 11 is 1.80. The third kappa shape index (κ3) is 3.27. The molecule has 7 heteroatoms. The Morgan fingerprint density at radius 1 is 1.22 bits per heavy atom. The summed E-state index contributed by atoms with van der Waals surface area (Å²) in [7, 11) is 0. The lowest BCUT2D eigenvalue weighted by Crippen LogP contribution is -2.51. The van der Waals surface area contributed by atoms with Crippen molar-refractivity contribution in [1.82, 2.24) is 9.97 Å². The number of ether oxygens (including phenoxy) is 1. The van der Waals surface area contributed by atoms with Gasteiger partial charge in [0.05, 0.1) is 18.4 Å². The molecule has 1 aliphatic carbocycles. The van der Waals surface area contributed by atoms with E-state index in [0.717, 1.165) is 54.0 Å². The fourth-order valence-corrected chi connectivity index (χ4v) is 4.98. The number of piperidine rings is 1. The first-order valence-corrected chi connectivity index (χ1v) is 10.6. The Balaban J connectivity index is 1.24. The second-order valence-electron chi connectivity index (χ2n) is 7.78. The van der Waals surface area contributed by atoms with E-state index in [2.05, 4.69) is 14.9 Å². The lowest BCUT2D eigenvalue weighted by atomic mass is 9.83. The van der Waals surface area contributed by atoms with Crippen molar-refractivity contribution < 1.29 is 9.13 Å². The maximum absolute atomic E-state index is 13.5. The second kappa shape index (κ2) is 6.63. The minimum absolute atomic E-state index is 0.220. The molecule has 1 spiro atoms. The van der Waals surface area contributed by atoms with Crippen molar-refractivity contribution >= 4 is 17.6 Å². The van der Waals surface area contributed by atoms with E-state index in [4.69, 9.17) is 10.5 Å². The maximum Gasteiger partial charge on any atom is 0.147 e. The Morgan fingerprint density at radius 3 is 2.74 bits per heavy atom. The van der Waals surface area contributed by atoms with Crippen LogP contribution in [0.5, 0.6) is 5.75 Å². The molecule has 0 amide bonds. The molecule has 2 aromatic rings. The summed E-state index contributed by atoms with van der Waals surface area (Å²) < 4.78 is 19.7. The zero-order chi connectivity index (χ0) is 18.4. The molecule has 1 saturated carbocycles. The molecule has 0 unspecified atom stereocenters. The molecule has 5 rings (SSSR count). The number of thioether (sulfide) groups is 1. The molecule has 5 nitrogen and oxygen atoms in total. The normalized spacial score (nSPS) is 23.3. The molecule has 3 heterocycles. The molecule has 2 fully saturated rings. The van der Waals surface area contributed by atoms with E-state index < -0.39 is 5.60 Å². The van der Waals surface area contributed by atoms with Crippen LogP contribution in [0.15, 0.2) is 35.6 Å². The number of halogens is 1. The Bertz CT molecular complexity index is 834. The quantitative estimate of drug-likeness (QED) is 0.811. The van der Waals surface area contributed by atoms with Gasteiger partial charge in [-0.25, -0.2) is 14.4 Å². The predicted molar refractivity (Wildman–Crippen MR) is 104 cm³/mol. The number of nitrogens with zero attached hydrogens (tertiary/aromatic N) is 3. The van der Waals surface area contributed by atoms with E-state index in [1.807, 2.05) is 12.4 Å². The molecule has 1 aromatic heterocycles. The van der Waals surface area contributed by atoms with Gasteiger partial charge in [-0.05, 0) is 24.8 Å². The van der Waals surface area contributed by atoms with Crippen LogP contribution in [0.25, 0.3) is 0 Å². The molecule has 1 atom stereocenters. The van der Waals surface area contributed by atoms with Crippen molar-refractivity contribution in [3.63, 3.8) is 0 Å². The van der Waals surface area contributed by atoms with Crippen LogP contribution in [0.1, 0.15) is 37.3 Å². The van der Waals surface area contributed by atoms with Gasteiger partial charge in [-0.1, -0.05) is 6.07 Å². The minimum atomic E-state index is -0.444. The molecule has 2 aliphatic heterocycles. The summed E-state index contributed by atoms with van der Waals surface area (Å²) in [4.78, 5) is 11.4. The number of hydrogen-bond acceptors (Lipinski definition) is 6. The van der Waals surface area contributed by atoms with Gasteiger partial charge in [0.15, 0.2) is 0 Å². The fourth-order valence-electron chi connectivity index (χ4n) is 3.98. The van der Waals surface area contributed by atoms with Crippen LogP contribution in [0.2, 0.25) is 0 Å². The highest BCUT2D eigenvalue weighted by Gasteiger charge is 2.48. The van der Waals surface area contributed by atoms with Crippen molar-refractivity contribution in [3.05, 3.63) is 42.0 Å². The van der Waals surface area contributed by atoms with Crippen molar-refractivity contribution in [2.45, 2.75) is 42.4 Å². The number of aromatic nitrogens is 2. The van der Waals surface area contributed by atoms with E-state index in [0.29, 0.717) is 5.75 Å². The number of benzene rings is 1. The number of hydrogen-bond donors (Lipinski definition) is 1. The molecule has 1 aromatic carbocycles. The van der Waals surface area contributed by atoms with Gasteiger partial charge < -0.3 is 15.4 Å². The van der Waals surface area contributed by atoms with Crippen LogP contribution in [-0.4, -0.2) is 34.4 Å². The van der Waals surface area contributed by atoms with E-state index >= 15 is 0 Å². The molecule has 2 N–H and O–H groups in total. The van der Waals surface area contributed by atoms with Crippen LogP contribution >= 0.6 is 11.8 Å². The average molecular weight is 386 g/mol. The van der Waals surface area contributed by atoms with Crippen LogP contribution < -0.4 is 15.4 Å². The molecule has 27 heavy (non-hydrogen) atoms. The van der Waals surface area contributed by atoms with E-state index in [9.17, 15) is 4.39 Å². The first-order chi connectivity index (χ1) is 13.1. The monoisotopic (exact) mass is 386 g/mol. The van der Waals surface area contributed by atoms with Crippen LogP contribution in [0, 0.1) is 11.7 Å². The van der Waals surface area contributed by atoms with E-state index in [-0.39, 0.29) is 11.9 Å². The molecule has 142 valence electrons. The van der Waals surface area contributed by atoms with Gasteiger partial charge in [0.25, 0.3) is 0 Å². The van der Waals surface area contributed by atoms with Crippen molar-refractivity contribution in [2.24, 2.45) is 11.7 Å². The summed E-state index contributed by atoms with van der Waals surface area (Å²) in [6.07, 6.45) is 8.02. The van der Waals surface area contributed by atoms with Crippen molar-refractivity contribution in [1.29, 1.82) is 0 Å². The smallest absolute Gasteiger partial charge is 0.147 e. The Morgan fingerprint density at radius 2 is 2.04 bits per heavy atom. The number of anilines is 1. The Hall–Kier alpha value is -1.86. The number of rotatable bonds is 4. The SMILES string of the molecule is N[C@@H]1c2ccc(F)cc2OC12CCN(c1cnc(SCC3CC3)cn1)CC2. The summed E-state index contributed by atoms with van der Waals surface area (Å²) in [6, 6.07) is 4.43. The van der Waals surface area contributed by atoms with Crippen molar-refractivity contribution in [2.75, 3.05) is 23.7 Å². The highest BCUT2D eigenvalue weighted by Crippen LogP contribution is 2.47. The Kier molecular flexibility index (Phi) is 4.24. The molecule has 0 bridgehead atoms. The van der Waals surface area contributed by atoms with Gasteiger partial charge >= 0.3 is 0 Å². The highest BCUT2D eigenvalue weighted by atomic mass is 32.2. The van der Waals surface area contributed by atoms with Gasteiger partial charge in [0.2, 0.25) is 0 Å². The first kappa shape index (κ1) is 17.3. The zero-order valence-corrected chi connectivity index (χ0v) is 15.9. The molecule has 1 saturated heterocycles. The first-order valence-electron chi connectivity index (χ1n) is 9.57. The second-order valence-corrected chi connectivity index (χ2v) is 8.82. The lowest BCUT2D eigenvalue weighted by molar-refractivity contribution is 0.0429. The van der Waals surface area contributed by atoms with E-state index in [1.54, 1.807) is 17.8 Å². The molecule has 0 radical (unpaired) electrons. The third-order valence-corrected chi connectivity index (χ3v) is 7.05. The highest BCUT2D eigenvalue weighted by molar-refractivity contribution is 7.99. The minimum Gasteiger partial charge on any atom is -0.485 e. The maximum atomic E-state index is 13.5. The summed E-state index contributed by atoms with van der Waals surface area (Å²) in [5.74, 6) is 3.23.